The van der Waals surface area contributed by atoms with Gasteiger partial charge in [-0.1, -0.05) is 0 Å². The Kier molecular flexibility index (Phi) is 6.19. The van der Waals surface area contributed by atoms with Crippen LogP contribution in [0.5, 0.6) is 5.88 Å². The highest BCUT2D eigenvalue weighted by molar-refractivity contribution is 5.55. The number of nitrogens with two attached hydrogens (primary N) is 1. The Morgan fingerprint density at radius 1 is 1.35 bits per heavy atom. The van der Waals surface area contributed by atoms with Gasteiger partial charge in [0.15, 0.2) is 13.1 Å². The minimum absolute atomic E-state index is 0.387. The Balaban J connectivity index is 1.50. The number of nitrogen functional groups attached to an aromatic ring is 1. The molecule has 1 aliphatic carbocycles. The number of aromatic nitrogens is 2. The average molecular weight is 365 g/mol. The number of hydrogen-bond donors (Lipinski definition) is 2. The molecule has 26 heavy (non-hydrogen) atoms. The molecule has 1 aromatic rings. The summed E-state index contributed by atoms with van der Waals surface area (Å²) in [7, 11) is 0. The van der Waals surface area contributed by atoms with Crippen LogP contribution < -0.4 is 10.5 Å². The van der Waals surface area contributed by atoms with E-state index in [-0.39, 0.29) is 0 Å². The molecular formula is C19H33N4O3+. The van der Waals surface area contributed by atoms with Gasteiger partial charge in [0.25, 0.3) is 5.88 Å². The molecule has 2 fully saturated rings. The van der Waals surface area contributed by atoms with E-state index in [0.29, 0.717) is 36.6 Å². The second kappa shape index (κ2) is 8.39. The molecule has 3 rings (SSSR count). The maximum absolute atomic E-state index is 9.77. The highest BCUT2D eigenvalue weighted by Crippen LogP contribution is 2.33. The van der Waals surface area contributed by atoms with Crippen LogP contribution in [0.3, 0.4) is 0 Å². The van der Waals surface area contributed by atoms with Crippen LogP contribution in [0.1, 0.15) is 52.0 Å². The third kappa shape index (κ3) is 5.45. The zero-order valence-electron chi connectivity index (χ0n) is 16.1. The first-order chi connectivity index (χ1) is 12.4. The number of aliphatic hydroxyl groups is 1. The zero-order valence-corrected chi connectivity index (χ0v) is 16.1. The van der Waals surface area contributed by atoms with E-state index in [2.05, 4.69) is 15.9 Å². The van der Waals surface area contributed by atoms with Gasteiger partial charge in [-0.15, -0.1) is 5.10 Å². The fourth-order valence-electron chi connectivity index (χ4n) is 3.63. The lowest BCUT2D eigenvalue weighted by atomic mass is 9.87. The van der Waals surface area contributed by atoms with Gasteiger partial charge in [-0.3, -0.25) is 4.68 Å². The summed E-state index contributed by atoms with van der Waals surface area (Å²) in [6.45, 7) is 7.66. The quantitative estimate of drug-likeness (QED) is 0.752. The van der Waals surface area contributed by atoms with E-state index in [1.165, 1.54) is 12.8 Å². The lowest BCUT2D eigenvalue weighted by molar-refractivity contribution is -0.547. The minimum Gasteiger partial charge on any atom is -0.475 e. The van der Waals surface area contributed by atoms with Gasteiger partial charge >= 0.3 is 0 Å². The van der Waals surface area contributed by atoms with Crippen LogP contribution >= 0.6 is 0 Å². The predicted molar refractivity (Wildman–Crippen MR) is 101 cm³/mol. The van der Waals surface area contributed by atoms with Crippen LogP contribution in [0.15, 0.2) is 6.20 Å². The minimum atomic E-state index is -0.743. The van der Waals surface area contributed by atoms with E-state index in [1.54, 1.807) is 13.8 Å². The molecule has 7 heteroatoms. The molecule has 3 N–H and O–H groups in total. The Hall–Kier alpha value is -1.60. The van der Waals surface area contributed by atoms with E-state index in [4.69, 9.17) is 15.2 Å². The highest BCUT2D eigenvalue weighted by Gasteiger charge is 2.26. The van der Waals surface area contributed by atoms with Crippen molar-refractivity contribution in [1.29, 1.82) is 0 Å². The fourth-order valence-corrected chi connectivity index (χ4v) is 3.63. The molecule has 1 aliphatic heterocycles. The van der Waals surface area contributed by atoms with Gasteiger partial charge in [0, 0.05) is 12.3 Å². The summed E-state index contributed by atoms with van der Waals surface area (Å²) in [5.41, 5.74) is 5.88. The van der Waals surface area contributed by atoms with Crippen LogP contribution in [-0.2, 0) is 4.74 Å². The van der Waals surface area contributed by atoms with Crippen molar-refractivity contribution < 1.29 is 19.2 Å². The van der Waals surface area contributed by atoms with Gasteiger partial charge in [-0.2, -0.15) is 0 Å². The van der Waals surface area contributed by atoms with Crippen molar-refractivity contribution in [2.45, 2.75) is 57.6 Å². The molecule has 7 nitrogen and oxygen atoms in total. The molecule has 0 amide bonds. The number of rotatable bonds is 6. The first-order valence-electron chi connectivity index (χ1n) is 9.77. The lowest BCUT2D eigenvalue weighted by Gasteiger charge is -2.26. The molecule has 0 radical (unpaired) electrons. The van der Waals surface area contributed by atoms with Gasteiger partial charge in [-0.25, -0.2) is 4.58 Å². The van der Waals surface area contributed by atoms with Crippen LogP contribution in [-0.4, -0.2) is 64.2 Å². The molecule has 146 valence electrons. The Labute approximate surface area is 155 Å². The normalized spacial score (nSPS) is 24.5. The highest BCUT2D eigenvalue weighted by atomic mass is 16.5. The summed E-state index contributed by atoms with van der Waals surface area (Å²) in [5.74, 6) is 1.14. The molecule has 0 unspecified atom stereocenters. The Bertz CT molecular complexity index is 605. The number of ether oxygens (including phenoxy) is 2. The summed E-state index contributed by atoms with van der Waals surface area (Å²) in [6.07, 6.45) is 9.41. The first kappa shape index (κ1) is 19.2. The third-order valence-electron chi connectivity index (χ3n) is 5.26. The van der Waals surface area contributed by atoms with Gasteiger partial charge in [0.1, 0.15) is 25.1 Å². The monoisotopic (exact) mass is 365 g/mol. The van der Waals surface area contributed by atoms with Crippen LogP contribution in [0.25, 0.3) is 0 Å². The predicted octanol–water partition coefficient (Wildman–Crippen LogP) is 1.85. The summed E-state index contributed by atoms with van der Waals surface area (Å²) in [5, 5.41) is 14.3. The summed E-state index contributed by atoms with van der Waals surface area (Å²) < 4.78 is 15.5. The number of hydrogen-bond acceptors (Lipinski definition) is 5. The van der Waals surface area contributed by atoms with E-state index >= 15 is 0 Å². The van der Waals surface area contributed by atoms with E-state index in [1.807, 2.05) is 10.9 Å². The lowest BCUT2D eigenvalue weighted by Crippen LogP contribution is -2.32. The number of morpholine rings is 1. The second-order valence-electron chi connectivity index (χ2n) is 8.15. The van der Waals surface area contributed by atoms with Gasteiger partial charge < -0.3 is 20.3 Å². The molecule has 0 aromatic carbocycles. The summed E-state index contributed by atoms with van der Waals surface area (Å²) in [6, 6.07) is 0.387. The summed E-state index contributed by atoms with van der Waals surface area (Å²) >= 11 is 0. The smallest absolute Gasteiger partial charge is 0.256 e. The Morgan fingerprint density at radius 2 is 2.04 bits per heavy atom. The first-order valence-corrected chi connectivity index (χ1v) is 9.77. The molecule has 2 heterocycles. The maximum Gasteiger partial charge on any atom is 0.256 e. The fraction of sp³-hybridized carbons (Fsp3) is 0.789. The van der Waals surface area contributed by atoms with E-state index in [0.717, 1.165) is 39.1 Å². The molecule has 1 aromatic heterocycles. The van der Waals surface area contributed by atoms with Gasteiger partial charge in [0.2, 0.25) is 0 Å². The van der Waals surface area contributed by atoms with Crippen molar-refractivity contribution in [3.8, 4) is 5.88 Å². The third-order valence-corrected chi connectivity index (χ3v) is 5.26. The van der Waals surface area contributed by atoms with Crippen LogP contribution in [0, 0.1) is 5.92 Å². The topological polar surface area (TPSA) is 85.5 Å². The van der Waals surface area contributed by atoms with Gasteiger partial charge in [0.05, 0.1) is 24.4 Å². The average Bonchev–Trinajstić information content (AvgIpc) is 2.96. The van der Waals surface area contributed by atoms with Gasteiger partial charge in [-0.05, 0) is 39.5 Å². The second-order valence-corrected chi connectivity index (χ2v) is 8.15. The van der Waals surface area contributed by atoms with Crippen molar-refractivity contribution in [3.63, 3.8) is 0 Å². The molecule has 2 aliphatic rings. The maximum atomic E-state index is 9.77. The van der Waals surface area contributed by atoms with Crippen molar-refractivity contribution in [2.24, 2.45) is 5.92 Å². The molecule has 0 bridgehead atoms. The van der Waals surface area contributed by atoms with E-state index in [9.17, 15) is 5.11 Å². The van der Waals surface area contributed by atoms with Crippen LogP contribution in [0.2, 0.25) is 0 Å². The Morgan fingerprint density at radius 3 is 2.69 bits per heavy atom. The zero-order chi connectivity index (χ0) is 18.6. The standard InChI is InChI=1S/C19H33N4O3/c1-19(2,24)7-10-26-18-17(20)14-23(21-18)16-5-3-15(4-6-16)13-22-8-11-25-12-9-22/h13-16,24H,3-12,20H2,1-2H3/q+1. The number of nitrogens with zero attached hydrogens (tertiary/aromatic N) is 3. The van der Waals surface area contributed by atoms with E-state index < -0.39 is 5.60 Å². The SMILES string of the molecule is CC(C)(O)CCOc1nn(C2CCC(C=[N+]3CCOCC3)CC2)cc1N. The van der Waals surface area contributed by atoms with Crippen LogP contribution in [0.4, 0.5) is 5.69 Å². The molecule has 0 spiro atoms. The molecule has 1 saturated carbocycles. The molecule has 0 atom stereocenters. The molecular weight excluding hydrogens is 332 g/mol. The van der Waals surface area contributed by atoms with Crippen molar-refractivity contribution in [3.05, 3.63) is 6.20 Å². The summed E-state index contributed by atoms with van der Waals surface area (Å²) in [4.78, 5) is 0. The van der Waals surface area contributed by atoms with Crippen molar-refractivity contribution in [1.82, 2.24) is 9.78 Å². The largest absolute Gasteiger partial charge is 0.475 e. The molecule has 1 saturated heterocycles. The van der Waals surface area contributed by atoms with Crippen molar-refractivity contribution in [2.75, 3.05) is 38.6 Å². The number of anilines is 1. The van der Waals surface area contributed by atoms with Crippen molar-refractivity contribution >= 4 is 11.9 Å².